The summed E-state index contributed by atoms with van der Waals surface area (Å²) in [7, 11) is 2.17. The molecule has 1 atom stereocenters. The van der Waals surface area contributed by atoms with E-state index >= 15 is 0 Å². The number of piperazine rings is 1. The van der Waals surface area contributed by atoms with Crippen LogP contribution in [0.4, 0.5) is 5.69 Å². The molecule has 0 spiro atoms. The van der Waals surface area contributed by atoms with Gasteiger partial charge in [-0.1, -0.05) is 18.2 Å². The van der Waals surface area contributed by atoms with Gasteiger partial charge < -0.3 is 29.2 Å². The van der Waals surface area contributed by atoms with E-state index < -0.39 is 0 Å². The summed E-state index contributed by atoms with van der Waals surface area (Å²) in [6, 6.07) is 17.0. The summed E-state index contributed by atoms with van der Waals surface area (Å²) < 4.78 is 11.6. The van der Waals surface area contributed by atoms with Crippen LogP contribution in [0.1, 0.15) is 10.4 Å². The molecule has 0 aliphatic carbocycles. The Morgan fingerprint density at radius 2 is 1.79 bits per heavy atom. The van der Waals surface area contributed by atoms with Crippen molar-refractivity contribution in [3.8, 4) is 28.0 Å². The number of aromatic nitrogens is 2. The molecule has 2 saturated heterocycles. The second-order valence-corrected chi connectivity index (χ2v) is 10.4. The number of hydrogen-bond donors (Lipinski definition) is 1. The number of carbonyl (C=O) groups is 1. The summed E-state index contributed by atoms with van der Waals surface area (Å²) >= 11 is 0. The minimum atomic E-state index is 0.0558. The van der Waals surface area contributed by atoms with Crippen molar-refractivity contribution in [1.29, 1.82) is 0 Å². The summed E-state index contributed by atoms with van der Waals surface area (Å²) in [5, 5.41) is 1.05. The number of pyridine rings is 1. The van der Waals surface area contributed by atoms with E-state index in [0.29, 0.717) is 44.5 Å². The van der Waals surface area contributed by atoms with Gasteiger partial charge in [0.1, 0.15) is 18.0 Å². The highest BCUT2D eigenvalue weighted by Gasteiger charge is 2.31. The van der Waals surface area contributed by atoms with E-state index in [1.165, 1.54) is 5.69 Å². The minimum Gasteiger partial charge on any atom is -0.489 e. The molecule has 194 valence electrons. The Hall–Kier alpha value is -3.88. The average molecular weight is 510 g/mol. The van der Waals surface area contributed by atoms with Gasteiger partial charge in [-0.25, -0.2) is 4.98 Å². The topological polar surface area (TPSA) is 73.9 Å². The average Bonchev–Trinajstić information content (AvgIpc) is 3.40. The first-order chi connectivity index (χ1) is 18.6. The second-order valence-electron chi connectivity index (χ2n) is 10.4. The van der Waals surface area contributed by atoms with Crippen molar-refractivity contribution in [3.05, 3.63) is 66.5 Å². The molecule has 8 heteroatoms. The molecule has 38 heavy (non-hydrogen) atoms. The largest absolute Gasteiger partial charge is 0.489 e. The SMILES string of the molecule is CN1CCN2c3ccc(-c4cnc5[nH]cc(-c6ccc(C(=O)N7CCOCC7)cc6)c5c4)cc3OCC2C1. The highest BCUT2D eigenvalue weighted by molar-refractivity contribution is 5.98. The number of rotatable bonds is 3. The minimum absolute atomic E-state index is 0.0558. The van der Waals surface area contributed by atoms with Crippen LogP contribution in [0.2, 0.25) is 0 Å². The number of nitrogens with zero attached hydrogens (tertiary/aromatic N) is 4. The Morgan fingerprint density at radius 3 is 2.63 bits per heavy atom. The van der Waals surface area contributed by atoms with Gasteiger partial charge >= 0.3 is 0 Å². The Labute approximate surface area is 221 Å². The van der Waals surface area contributed by atoms with Crippen molar-refractivity contribution in [1.82, 2.24) is 19.8 Å². The van der Waals surface area contributed by atoms with Gasteiger partial charge in [0, 0.05) is 67.2 Å². The van der Waals surface area contributed by atoms with Crippen molar-refractivity contribution in [3.63, 3.8) is 0 Å². The maximum absolute atomic E-state index is 12.8. The first kappa shape index (κ1) is 23.3. The van der Waals surface area contributed by atoms with Crippen molar-refractivity contribution in [2.75, 3.05) is 64.5 Å². The maximum Gasteiger partial charge on any atom is 0.254 e. The second kappa shape index (κ2) is 9.45. The summed E-state index contributed by atoms with van der Waals surface area (Å²) in [5.41, 5.74) is 6.96. The number of anilines is 1. The number of morpholine rings is 1. The summed E-state index contributed by atoms with van der Waals surface area (Å²) in [6.45, 7) is 6.31. The van der Waals surface area contributed by atoms with E-state index in [1.54, 1.807) is 0 Å². The molecule has 1 N–H and O–H groups in total. The van der Waals surface area contributed by atoms with Gasteiger partial charge in [0.15, 0.2) is 0 Å². The number of H-pyrrole nitrogens is 1. The van der Waals surface area contributed by atoms with Gasteiger partial charge in [0.05, 0.1) is 24.9 Å². The summed E-state index contributed by atoms with van der Waals surface area (Å²) in [5.74, 6) is 0.999. The number of ether oxygens (including phenoxy) is 2. The van der Waals surface area contributed by atoms with Crippen LogP contribution in [0.5, 0.6) is 5.75 Å². The lowest BCUT2D eigenvalue weighted by atomic mass is 10.00. The fraction of sp³-hybridized carbons (Fsp3) is 0.333. The number of benzene rings is 2. The quantitative estimate of drug-likeness (QED) is 0.452. The van der Waals surface area contributed by atoms with Crippen molar-refractivity contribution in [2.45, 2.75) is 6.04 Å². The molecule has 2 aromatic heterocycles. The third kappa shape index (κ3) is 4.10. The van der Waals surface area contributed by atoms with Crippen LogP contribution in [-0.4, -0.2) is 91.3 Å². The zero-order valence-corrected chi connectivity index (χ0v) is 21.5. The zero-order chi connectivity index (χ0) is 25.6. The molecule has 0 bridgehead atoms. The number of likely N-dealkylation sites (N-methyl/N-ethyl adjacent to an activating group) is 1. The Bertz CT molecular complexity index is 1490. The highest BCUT2D eigenvalue weighted by Crippen LogP contribution is 2.39. The van der Waals surface area contributed by atoms with Crippen LogP contribution in [0, 0.1) is 0 Å². The molecule has 0 saturated carbocycles. The monoisotopic (exact) mass is 509 g/mol. The smallest absolute Gasteiger partial charge is 0.254 e. The molecule has 3 aliphatic heterocycles. The van der Waals surface area contributed by atoms with Gasteiger partial charge in [0.2, 0.25) is 0 Å². The van der Waals surface area contributed by atoms with E-state index in [9.17, 15) is 4.79 Å². The molecule has 4 aromatic rings. The lowest BCUT2D eigenvalue weighted by molar-refractivity contribution is 0.0303. The van der Waals surface area contributed by atoms with Crippen LogP contribution in [0.25, 0.3) is 33.3 Å². The number of fused-ring (bicyclic) bond motifs is 4. The molecule has 1 amide bonds. The number of hydrogen-bond acceptors (Lipinski definition) is 6. The molecule has 0 radical (unpaired) electrons. The normalized spacial score (nSPS) is 19.7. The van der Waals surface area contributed by atoms with Gasteiger partial charge in [-0.15, -0.1) is 0 Å². The molecule has 7 rings (SSSR count). The van der Waals surface area contributed by atoms with E-state index in [4.69, 9.17) is 14.5 Å². The Balaban J connectivity index is 1.17. The Morgan fingerprint density at radius 1 is 0.974 bits per heavy atom. The summed E-state index contributed by atoms with van der Waals surface area (Å²) in [6.07, 6.45) is 3.90. The molecule has 2 fully saturated rings. The van der Waals surface area contributed by atoms with E-state index in [-0.39, 0.29) is 5.91 Å². The molecule has 1 unspecified atom stereocenters. The van der Waals surface area contributed by atoms with Crippen molar-refractivity contribution < 1.29 is 14.3 Å². The molecule has 2 aromatic carbocycles. The van der Waals surface area contributed by atoms with Gasteiger partial charge in [-0.2, -0.15) is 0 Å². The lowest BCUT2D eigenvalue weighted by Gasteiger charge is -2.44. The fourth-order valence-electron chi connectivity index (χ4n) is 5.84. The lowest BCUT2D eigenvalue weighted by Crippen LogP contribution is -2.56. The van der Waals surface area contributed by atoms with Crippen LogP contribution in [-0.2, 0) is 4.74 Å². The van der Waals surface area contributed by atoms with E-state index in [0.717, 1.165) is 58.7 Å². The van der Waals surface area contributed by atoms with Crippen molar-refractivity contribution >= 4 is 22.6 Å². The molecule has 5 heterocycles. The van der Waals surface area contributed by atoms with Gasteiger partial charge in [-0.05, 0) is 48.5 Å². The predicted octanol–water partition coefficient (Wildman–Crippen LogP) is 3.88. The summed E-state index contributed by atoms with van der Waals surface area (Å²) in [4.78, 5) is 27.6. The zero-order valence-electron chi connectivity index (χ0n) is 21.5. The fourth-order valence-corrected chi connectivity index (χ4v) is 5.84. The number of amides is 1. The van der Waals surface area contributed by atoms with Crippen LogP contribution >= 0.6 is 0 Å². The van der Waals surface area contributed by atoms with Crippen LogP contribution in [0.3, 0.4) is 0 Å². The number of nitrogens with one attached hydrogen (secondary N) is 1. The standard InChI is InChI=1S/C30H31N5O3/c1-33-8-9-35-24(18-33)19-38-28-15-22(6-7-27(28)35)23-14-25-26(17-32-29(25)31-16-23)20-2-4-21(5-3-20)30(36)34-10-12-37-13-11-34/h2-7,14-17,24H,8-13,18-19H2,1H3,(H,31,32). The first-order valence-corrected chi connectivity index (χ1v) is 13.3. The predicted molar refractivity (Wildman–Crippen MR) is 148 cm³/mol. The van der Waals surface area contributed by atoms with E-state index in [1.807, 2.05) is 41.6 Å². The van der Waals surface area contributed by atoms with E-state index in [2.05, 4.69) is 46.1 Å². The molecular weight excluding hydrogens is 478 g/mol. The third-order valence-electron chi connectivity index (χ3n) is 7.99. The first-order valence-electron chi connectivity index (χ1n) is 13.3. The van der Waals surface area contributed by atoms with Crippen molar-refractivity contribution in [2.24, 2.45) is 0 Å². The number of aromatic amines is 1. The molecule has 3 aliphatic rings. The number of carbonyl (C=O) groups excluding carboxylic acids is 1. The third-order valence-corrected chi connectivity index (χ3v) is 7.99. The molecular formula is C30H31N5O3. The Kier molecular flexibility index (Phi) is 5.78. The highest BCUT2D eigenvalue weighted by atomic mass is 16.5. The van der Waals surface area contributed by atoms with Gasteiger partial charge in [0.25, 0.3) is 5.91 Å². The van der Waals surface area contributed by atoms with Gasteiger partial charge in [-0.3, -0.25) is 4.79 Å². The molecule has 8 nitrogen and oxygen atoms in total. The van der Waals surface area contributed by atoms with Crippen LogP contribution < -0.4 is 9.64 Å². The van der Waals surface area contributed by atoms with Crippen LogP contribution in [0.15, 0.2) is 60.9 Å². The maximum atomic E-state index is 12.8.